The molecule has 3 heterocycles. The predicted octanol–water partition coefficient (Wildman–Crippen LogP) is 4.60. The Morgan fingerprint density at radius 2 is 1.66 bits per heavy atom. The van der Waals surface area contributed by atoms with Gasteiger partial charge in [0.15, 0.2) is 5.65 Å². The summed E-state index contributed by atoms with van der Waals surface area (Å²) in [5, 5.41) is 11.9. The lowest BCUT2D eigenvalue weighted by atomic mass is 9.95. The molecule has 0 saturated carbocycles. The number of nitrogens with zero attached hydrogens (tertiary/aromatic N) is 4. The first kappa shape index (κ1) is 20.4. The highest BCUT2D eigenvalue weighted by Gasteiger charge is 2.29. The fourth-order valence-corrected chi connectivity index (χ4v) is 4.55. The molecular formula is C26H27N5O. The summed E-state index contributed by atoms with van der Waals surface area (Å²) in [6.07, 6.45) is 3.96. The molecule has 5 rings (SSSR count). The second-order valence-electron chi connectivity index (χ2n) is 8.37. The number of hydrogen-bond acceptors (Lipinski definition) is 4. The predicted molar refractivity (Wildman–Crippen MR) is 127 cm³/mol. The van der Waals surface area contributed by atoms with Crippen LogP contribution < -0.4 is 5.32 Å². The standard InChI is InChI=1S/C26H27N5O/c1-19(26(32)27-23-12-6-5-11-22(23)20-9-3-2-4-10-20)30-17-14-21(15-18-30)25-29-28-24-13-7-8-16-31(24)25/h2-13,16,19,21H,14-15,17-18H2,1H3,(H,27,32). The van der Waals surface area contributed by atoms with Gasteiger partial charge in [0.1, 0.15) is 5.82 Å². The van der Waals surface area contributed by atoms with E-state index in [-0.39, 0.29) is 11.9 Å². The van der Waals surface area contributed by atoms with Crippen molar-refractivity contribution in [2.45, 2.75) is 31.7 Å². The molecule has 0 bridgehead atoms. The number of carbonyl (C=O) groups is 1. The zero-order valence-electron chi connectivity index (χ0n) is 18.2. The third kappa shape index (κ3) is 4.01. The number of anilines is 1. The maximum Gasteiger partial charge on any atom is 0.241 e. The van der Waals surface area contributed by atoms with E-state index in [2.05, 4.69) is 36.9 Å². The smallest absolute Gasteiger partial charge is 0.241 e. The van der Waals surface area contributed by atoms with Gasteiger partial charge in [-0.05, 0) is 56.6 Å². The lowest BCUT2D eigenvalue weighted by molar-refractivity contribution is -0.121. The first-order valence-corrected chi connectivity index (χ1v) is 11.2. The van der Waals surface area contributed by atoms with Crippen molar-refractivity contribution >= 4 is 17.2 Å². The van der Waals surface area contributed by atoms with Crippen LogP contribution >= 0.6 is 0 Å². The minimum Gasteiger partial charge on any atom is -0.324 e. The van der Waals surface area contributed by atoms with Gasteiger partial charge in [0.05, 0.1) is 6.04 Å². The largest absolute Gasteiger partial charge is 0.324 e. The quantitative estimate of drug-likeness (QED) is 0.508. The lowest BCUT2D eigenvalue weighted by Gasteiger charge is -2.34. The van der Waals surface area contributed by atoms with Crippen LogP contribution in [0.2, 0.25) is 0 Å². The van der Waals surface area contributed by atoms with E-state index in [1.54, 1.807) is 0 Å². The Morgan fingerprint density at radius 1 is 0.938 bits per heavy atom. The highest BCUT2D eigenvalue weighted by Crippen LogP contribution is 2.30. The first-order chi connectivity index (χ1) is 15.7. The second-order valence-corrected chi connectivity index (χ2v) is 8.37. The number of fused-ring (bicyclic) bond motifs is 1. The number of benzene rings is 2. The van der Waals surface area contributed by atoms with Crippen LogP contribution in [0.25, 0.3) is 16.8 Å². The van der Waals surface area contributed by atoms with Gasteiger partial charge >= 0.3 is 0 Å². The number of pyridine rings is 1. The Morgan fingerprint density at radius 3 is 2.47 bits per heavy atom. The van der Waals surface area contributed by atoms with Crippen molar-refractivity contribution in [2.75, 3.05) is 18.4 Å². The number of nitrogens with one attached hydrogen (secondary N) is 1. The number of piperidine rings is 1. The molecule has 0 aliphatic carbocycles. The molecule has 6 nitrogen and oxygen atoms in total. The molecule has 2 aromatic carbocycles. The fraction of sp³-hybridized carbons (Fsp3) is 0.269. The van der Waals surface area contributed by atoms with E-state index in [9.17, 15) is 4.79 Å². The van der Waals surface area contributed by atoms with Gasteiger partial charge in [0.25, 0.3) is 0 Å². The molecular weight excluding hydrogens is 398 g/mol. The number of aromatic nitrogens is 3. The minimum atomic E-state index is -0.199. The van der Waals surface area contributed by atoms with Crippen molar-refractivity contribution in [3.63, 3.8) is 0 Å². The van der Waals surface area contributed by atoms with Gasteiger partial charge in [-0.2, -0.15) is 0 Å². The summed E-state index contributed by atoms with van der Waals surface area (Å²) in [6.45, 7) is 3.72. The van der Waals surface area contributed by atoms with Crippen molar-refractivity contribution in [3.8, 4) is 11.1 Å². The van der Waals surface area contributed by atoms with E-state index in [0.717, 1.165) is 54.2 Å². The van der Waals surface area contributed by atoms with Crippen molar-refractivity contribution in [1.29, 1.82) is 0 Å². The average Bonchev–Trinajstić information content (AvgIpc) is 3.29. The molecule has 4 aromatic rings. The number of para-hydroxylation sites is 1. The molecule has 1 amide bonds. The molecule has 1 saturated heterocycles. The molecule has 0 spiro atoms. The normalized spacial score (nSPS) is 16.2. The summed E-state index contributed by atoms with van der Waals surface area (Å²) < 4.78 is 2.08. The Labute approximate surface area is 187 Å². The van der Waals surface area contributed by atoms with Crippen molar-refractivity contribution in [3.05, 3.63) is 84.8 Å². The van der Waals surface area contributed by atoms with Gasteiger partial charge in [-0.3, -0.25) is 14.1 Å². The molecule has 0 radical (unpaired) electrons. The first-order valence-electron chi connectivity index (χ1n) is 11.2. The van der Waals surface area contributed by atoms with E-state index >= 15 is 0 Å². The minimum absolute atomic E-state index is 0.0276. The third-order valence-corrected chi connectivity index (χ3v) is 6.43. The van der Waals surface area contributed by atoms with Crippen LogP contribution in [0.3, 0.4) is 0 Å². The van der Waals surface area contributed by atoms with Gasteiger partial charge in [-0.25, -0.2) is 0 Å². The maximum absolute atomic E-state index is 13.1. The van der Waals surface area contributed by atoms with E-state index in [1.165, 1.54) is 0 Å². The van der Waals surface area contributed by atoms with Gasteiger partial charge in [0.2, 0.25) is 5.91 Å². The number of likely N-dealkylation sites (tertiary alicyclic amines) is 1. The van der Waals surface area contributed by atoms with E-state index in [1.807, 2.05) is 73.8 Å². The zero-order valence-corrected chi connectivity index (χ0v) is 18.2. The molecule has 6 heteroatoms. The Kier molecular flexibility index (Phi) is 5.69. The van der Waals surface area contributed by atoms with Crippen molar-refractivity contribution in [2.24, 2.45) is 0 Å². The lowest BCUT2D eigenvalue weighted by Crippen LogP contribution is -2.46. The summed E-state index contributed by atoms with van der Waals surface area (Å²) in [5.74, 6) is 1.41. The van der Waals surface area contributed by atoms with Crippen LogP contribution in [-0.4, -0.2) is 44.5 Å². The molecule has 1 fully saturated rings. The van der Waals surface area contributed by atoms with E-state index in [0.29, 0.717) is 5.92 Å². The number of hydrogen-bond donors (Lipinski definition) is 1. The molecule has 1 aliphatic heterocycles. The molecule has 1 atom stereocenters. The molecule has 1 N–H and O–H groups in total. The summed E-state index contributed by atoms with van der Waals surface area (Å²) >= 11 is 0. The highest BCUT2D eigenvalue weighted by atomic mass is 16.2. The highest BCUT2D eigenvalue weighted by molar-refractivity contribution is 5.98. The van der Waals surface area contributed by atoms with Crippen molar-refractivity contribution in [1.82, 2.24) is 19.5 Å². The molecule has 162 valence electrons. The van der Waals surface area contributed by atoms with Crippen LogP contribution in [0.1, 0.15) is 31.5 Å². The Hall–Kier alpha value is -3.51. The average molecular weight is 426 g/mol. The summed E-state index contributed by atoms with van der Waals surface area (Å²) in [6, 6.07) is 23.9. The number of rotatable bonds is 5. The summed E-state index contributed by atoms with van der Waals surface area (Å²) in [5.41, 5.74) is 3.86. The topological polar surface area (TPSA) is 62.5 Å². The second kappa shape index (κ2) is 8.93. The van der Waals surface area contributed by atoms with Crippen LogP contribution in [0, 0.1) is 0 Å². The molecule has 32 heavy (non-hydrogen) atoms. The van der Waals surface area contributed by atoms with Gasteiger partial charge in [-0.1, -0.05) is 54.6 Å². The Bertz CT molecular complexity index is 1210. The van der Waals surface area contributed by atoms with Gasteiger partial charge in [0, 0.05) is 23.4 Å². The third-order valence-electron chi connectivity index (χ3n) is 6.43. The molecule has 1 unspecified atom stereocenters. The SMILES string of the molecule is CC(C(=O)Nc1ccccc1-c1ccccc1)N1CCC(c2nnc3ccccn23)CC1. The van der Waals surface area contributed by atoms with Crippen molar-refractivity contribution < 1.29 is 4.79 Å². The Balaban J connectivity index is 1.24. The number of amides is 1. The van der Waals surface area contributed by atoms with Gasteiger partial charge < -0.3 is 5.32 Å². The molecule has 1 aliphatic rings. The van der Waals surface area contributed by atoms with Crippen LogP contribution in [0.4, 0.5) is 5.69 Å². The van der Waals surface area contributed by atoms with E-state index < -0.39 is 0 Å². The zero-order chi connectivity index (χ0) is 21.9. The fourth-order valence-electron chi connectivity index (χ4n) is 4.55. The number of carbonyl (C=O) groups excluding carboxylic acids is 1. The van der Waals surface area contributed by atoms with E-state index in [4.69, 9.17) is 0 Å². The summed E-state index contributed by atoms with van der Waals surface area (Å²) in [7, 11) is 0. The van der Waals surface area contributed by atoms with Crippen LogP contribution in [0.15, 0.2) is 79.0 Å². The maximum atomic E-state index is 13.1. The van der Waals surface area contributed by atoms with Crippen LogP contribution in [0.5, 0.6) is 0 Å². The van der Waals surface area contributed by atoms with Crippen LogP contribution in [-0.2, 0) is 4.79 Å². The van der Waals surface area contributed by atoms with Gasteiger partial charge in [-0.15, -0.1) is 10.2 Å². The molecule has 2 aromatic heterocycles. The summed E-state index contributed by atoms with van der Waals surface area (Å²) in [4.78, 5) is 15.4. The monoisotopic (exact) mass is 425 g/mol.